The second-order valence-corrected chi connectivity index (χ2v) is 3.69. The highest BCUT2D eigenvalue weighted by Gasteiger charge is 2.13. The second-order valence-electron chi connectivity index (χ2n) is 3.69. The Balaban J connectivity index is 2.44. The minimum atomic E-state index is -0.322. The zero-order chi connectivity index (χ0) is 10.4. The molecule has 2 atom stereocenters. The average Bonchev–Trinajstić information content (AvgIpc) is 2.19. The molecule has 1 N–H and O–H groups in total. The SMILES string of the molecule is COCC(C)C(O)Cc1ccccc1. The summed E-state index contributed by atoms with van der Waals surface area (Å²) in [5.41, 5.74) is 1.17. The van der Waals surface area contributed by atoms with Gasteiger partial charge in [0.1, 0.15) is 0 Å². The van der Waals surface area contributed by atoms with Gasteiger partial charge in [-0.05, 0) is 12.0 Å². The Kier molecular flexibility index (Phi) is 4.63. The maximum atomic E-state index is 9.82. The molecule has 0 aliphatic rings. The highest BCUT2D eigenvalue weighted by atomic mass is 16.5. The maximum Gasteiger partial charge on any atom is 0.0628 e. The zero-order valence-corrected chi connectivity index (χ0v) is 8.81. The standard InChI is InChI=1S/C12H18O2/c1-10(9-14-2)12(13)8-11-6-4-3-5-7-11/h3-7,10,12-13H,8-9H2,1-2H3. The molecule has 0 radical (unpaired) electrons. The number of rotatable bonds is 5. The first-order valence-corrected chi connectivity index (χ1v) is 4.95. The fourth-order valence-corrected chi connectivity index (χ4v) is 1.43. The molecular weight excluding hydrogens is 176 g/mol. The Morgan fingerprint density at radius 1 is 1.29 bits per heavy atom. The van der Waals surface area contributed by atoms with Crippen LogP contribution in [0.25, 0.3) is 0 Å². The van der Waals surface area contributed by atoms with Crippen molar-refractivity contribution in [2.75, 3.05) is 13.7 Å². The molecule has 1 rings (SSSR count). The molecule has 0 aromatic heterocycles. The van der Waals surface area contributed by atoms with Crippen molar-refractivity contribution in [2.45, 2.75) is 19.4 Å². The van der Waals surface area contributed by atoms with E-state index in [1.54, 1.807) is 7.11 Å². The van der Waals surface area contributed by atoms with Crippen molar-refractivity contribution < 1.29 is 9.84 Å². The van der Waals surface area contributed by atoms with E-state index in [1.807, 2.05) is 37.3 Å². The van der Waals surface area contributed by atoms with Gasteiger partial charge in [0.05, 0.1) is 12.7 Å². The van der Waals surface area contributed by atoms with E-state index in [1.165, 1.54) is 5.56 Å². The molecule has 0 amide bonds. The van der Waals surface area contributed by atoms with Gasteiger partial charge in [-0.2, -0.15) is 0 Å². The summed E-state index contributed by atoms with van der Waals surface area (Å²) in [5, 5.41) is 9.82. The molecule has 14 heavy (non-hydrogen) atoms. The lowest BCUT2D eigenvalue weighted by atomic mass is 9.98. The summed E-state index contributed by atoms with van der Waals surface area (Å²) in [6, 6.07) is 10.0. The van der Waals surface area contributed by atoms with Crippen molar-refractivity contribution in [3.05, 3.63) is 35.9 Å². The number of aliphatic hydroxyl groups is 1. The monoisotopic (exact) mass is 194 g/mol. The largest absolute Gasteiger partial charge is 0.392 e. The van der Waals surface area contributed by atoms with E-state index < -0.39 is 0 Å². The van der Waals surface area contributed by atoms with Gasteiger partial charge in [-0.15, -0.1) is 0 Å². The zero-order valence-electron chi connectivity index (χ0n) is 8.81. The van der Waals surface area contributed by atoms with Crippen LogP contribution in [0.2, 0.25) is 0 Å². The van der Waals surface area contributed by atoms with E-state index in [-0.39, 0.29) is 12.0 Å². The summed E-state index contributed by atoms with van der Waals surface area (Å²) >= 11 is 0. The molecule has 0 saturated heterocycles. The maximum absolute atomic E-state index is 9.82. The Hall–Kier alpha value is -0.860. The van der Waals surface area contributed by atoms with Gasteiger partial charge >= 0.3 is 0 Å². The molecule has 2 nitrogen and oxygen atoms in total. The minimum absolute atomic E-state index is 0.181. The lowest BCUT2D eigenvalue weighted by molar-refractivity contribution is 0.0575. The van der Waals surface area contributed by atoms with E-state index in [4.69, 9.17) is 4.74 Å². The molecule has 1 aromatic carbocycles. The van der Waals surface area contributed by atoms with Gasteiger partial charge in [0, 0.05) is 13.0 Å². The third-order valence-electron chi connectivity index (χ3n) is 2.37. The predicted molar refractivity (Wildman–Crippen MR) is 57.2 cm³/mol. The number of hydrogen-bond acceptors (Lipinski definition) is 2. The number of methoxy groups -OCH3 is 1. The van der Waals surface area contributed by atoms with Crippen LogP contribution in [0.5, 0.6) is 0 Å². The molecule has 2 unspecified atom stereocenters. The van der Waals surface area contributed by atoms with Gasteiger partial charge in [0.2, 0.25) is 0 Å². The molecule has 0 heterocycles. The number of ether oxygens (including phenoxy) is 1. The smallest absolute Gasteiger partial charge is 0.0628 e. The van der Waals surface area contributed by atoms with Crippen LogP contribution in [-0.2, 0) is 11.2 Å². The Bertz CT molecular complexity index is 246. The first kappa shape index (κ1) is 11.2. The molecule has 0 aliphatic carbocycles. The summed E-state index contributed by atoms with van der Waals surface area (Å²) in [5.74, 6) is 0.181. The second kappa shape index (κ2) is 5.78. The first-order chi connectivity index (χ1) is 6.74. The fraction of sp³-hybridized carbons (Fsp3) is 0.500. The van der Waals surface area contributed by atoms with Crippen molar-refractivity contribution in [3.8, 4) is 0 Å². The third-order valence-corrected chi connectivity index (χ3v) is 2.37. The third kappa shape index (κ3) is 3.48. The summed E-state index contributed by atoms with van der Waals surface area (Å²) in [6.07, 6.45) is 0.378. The van der Waals surface area contributed by atoms with Gasteiger partial charge in [0.15, 0.2) is 0 Å². The van der Waals surface area contributed by atoms with Crippen LogP contribution in [0.15, 0.2) is 30.3 Å². The van der Waals surface area contributed by atoms with E-state index in [2.05, 4.69) is 0 Å². The van der Waals surface area contributed by atoms with E-state index >= 15 is 0 Å². The highest BCUT2D eigenvalue weighted by molar-refractivity contribution is 5.15. The summed E-state index contributed by atoms with van der Waals surface area (Å²) < 4.78 is 5.00. The highest BCUT2D eigenvalue weighted by Crippen LogP contribution is 2.10. The Morgan fingerprint density at radius 2 is 1.93 bits per heavy atom. The molecule has 1 aromatic rings. The summed E-state index contributed by atoms with van der Waals surface area (Å²) in [7, 11) is 1.66. The molecule has 0 fully saturated rings. The Morgan fingerprint density at radius 3 is 2.50 bits per heavy atom. The van der Waals surface area contributed by atoms with Crippen LogP contribution in [-0.4, -0.2) is 24.9 Å². The van der Waals surface area contributed by atoms with E-state index in [0.717, 1.165) is 0 Å². The van der Waals surface area contributed by atoms with E-state index in [0.29, 0.717) is 13.0 Å². The molecule has 78 valence electrons. The molecule has 0 bridgehead atoms. The fourth-order valence-electron chi connectivity index (χ4n) is 1.43. The number of benzene rings is 1. The summed E-state index contributed by atoms with van der Waals surface area (Å²) in [6.45, 7) is 2.60. The Labute approximate surface area is 85.5 Å². The van der Waals surface area contributed by atoms with Crippen LogP contribution < -0.4 is 0 Å². The topological polar surface area (TPSA) is 29.5 Å². The molecule has 0 spiro atoms. The molecule has 0 saturated carbocycles. The molecular formula is C12H18O2. The first-order valence-electron chi connectivity index (χ1n) is 4.95. The van der Waals surface area contributed by atoms with Crippen molar-refractivity contribution >= 4 is 0 Å². The summed E-state index contributed by atoms with van der Waals surface area (Å²) in [4.78, 5) is 0. The van der Waals surface area contributed by atoms with Crippen LogP contribution in [0.4, 0.5) is 0 Å². The van der Waals surface area contributed by atoms with Gasteiger partial charge in [-0.3, -0.25) is 0 Å². The van der Waals surface area contributed by atoms with Crippen LogP contribution in [0.3, 0.4) is 0 Å². The lowest BCUT2D eigenvalue weighted by Crippen LogP contribution is -2.24. The number of aliphatic hydroxyl groups excluding tert-OH is 1. The van der Waals surface area contributed by atoms with E-state index in [9.17, 15) is 5.11 Å². The van der Waals surface area contributed by atoms with Gasteiger partial charge in [-0.1, -0.05) is 37.3 Å². The van der Waals surface area contributed by atoms with Gasteiger partial charge in [0.25, 0.3) is 0 Å². The minimum Gasteiger partial charge on any atom is -0.392 e. The van der Waals surface area contributed by atoms with Crippen LogP contribution in [0.1, 0.15) is 12.5 Å². The van der Waals surface area contributed by atoms with Gasteiger partial charge < -0.3 is 9.84 Å². The van der Waals surface area contributed by atoms with Crippen molar-refractivity contribution in [1.29, 1.82) is 0 Å². The van der Waals surface area contributed by atoms with Crippen molar-refractivity contribution in [1.82, 2.24) is 0 Å². The lowest BCUT2D eigenvalue weighted by Gasteiger charge is -2.17. The van der Waals surface area contributed by atoms with Crippen LogP contribution in [0, 0.1) is 5.92 Å². The quantitative estimate of drug-likeness (QED) is 0.775. The van der Waals surface area contributed by atoms with Crippen LogP contribution >= 0.6 is 0 Å². The molecule has 2 heteroatoms. The predicted octanol–water partition coefficient (Wildman–Crippen LogP) is 1.87. The normalized spacial score (nSPS) is 15.1. The number of hydrogen-bond donors (Lipinski definition) is 1. The van der Waals surface area contributed by atoms with Gasteiger partial charge in [-0.25, -0.2) is 0 Å². The van der Waals surface area contributed by atoms with Crippen molar-refractivity contribution in [2.24, 2.45) is 5.92 Å². The molecule has 0 aliphatic heterocycles. The van der Waals surface area contributed by atoms with Crippen molar-refractivity contribution in [3.63, 3.8) is 0 Å². The average molecular weight is 194 g/mol.